The molecule has 0 radical (unpaired) electrons. The first-order chi connectivity index (χ1) is 43.5. The third-order valence-electron chi connectivity index (χ3n) is 17.1. The zero-order valence-electron chi connectivity index (χ0n) is 59.4. The van der Waals surface area contributed by atoms with Gasteiger partial charge in [-0.1, -0.05) is 368 Å². The Labute approximate surface area is 553 Å². The highest BCUT2D eigenvalue weighted by Crippen LogP contribution is 2.43. The first-order valence-corrected chi connectivity index (χ1v) is 39.6. The number of hydrogen-bond acceptors (Lipinski definition) is 5. The van der Waals surface area contributed by atoms with Crippen molar-refractivity contribution >= 4 is 13.7 Å². The van der Waals surface area contributed by atoms with Gasteiger partial charge in [-0.3, -0.25) is 13.8 Å². The smallest absolute Gasteiger partial charge is 0.391 e. The largest absolute Gasteiger partial charge is 0.472 e. The molecular formula is C80H148N2O6P+. The summed E-state index contributed by atoms with van der Waals surface area (Å²) in [7, 11) is 1.62. The summed E-state index contributed by atoms with van der Waals surface area (Å²) < 4.78 is 23.9. The molecule has 1 amide bonds. The lowest BCUT2D eigenvalue weighted by atomic mass is 10.0. The normalized spacial score (nSPS) is 14.1. The lowest BCUT2D eigenvalue weighted by Crippen LogP contribution is -2.46. The highest BCUT2D eigenvalue weighted by molar-refractivity contribution is 7.47. The van der Waals surface area contributed by atoms with Crippen molar-refractivity contribution in [3.8, 4) is 0 Å². The quantitative estimate of drug-likeness (QED) is 0.0243. The van der Waals surface area contributed by atoms with Gasteiger partial charge in [0.15, 0.2) is 0 Å². The van der Waals surface area contributed by atoms with Gasteiger partial charge in [0.1, 0.15) is 13.2 Å². The van der Waals surface area contributed by atoms with Crippen LogP contribution in [0, 0.1) is 0 Å². The average Bonchev–Trinajstić information content (AvgIpc) is 3.61. The molecule has 518 valence electrons. The number of aliphatic hydroxyl groups excluding tert-OH is 1. The van der Waals surface area contributed by atoms with Crippen molar-refractivity contribution in [1.29, 1.82) is 0 Å². The fourth-order valence-corrected chi connectivity index (χ4v) is 12.0. The molecule has 0 aromatic heterocycles. The van der Waals surface area contributed by atoms with E-state index in [2.05, 4.69) is 116 Å². The second-order valence-corrected chi connectivity index (χ2v) is 28.5. The van der Waals surface area contributed by atoms with Gasteiger partial charge in [0.25, 0.3) is 0 Å². The summed E-state index contributed by atoms with van der Waals surface area (Å²) in [5.41, 5.74) is 0. The predicted octanol–water partition coefficient (Wildman–Crippen LogP) is 24.8. The Morgan fingerprint density at radius 3 is 0.989 bits per heavy atom. The number of quaternary nitrogens is 1. The van der Waals surface area contributed by atoms with E-state index < -0.39 is 20.0 Å². The number of nitrogens with one attached hydrogen (secondary N) is 1. The van der Waals surface area contributed by atoms with Crippen LogP contribution >= 0.6 is 7.82 Å². The van der Waals surface area contributed by atoms with Crippen LogP contribution in [0.1, 0.15) is 354 Å². The third-order valence-corrected chi connectivity index (χ3v) is 18.1. The van der Waals surface area contributed by atoms with E-state index in [1.807, 2.05) is 21.1 Å². The minimum atomic E-state index is -4.34. The highest BCUT2D eigenvalue weighted by Gasteiger charge is 2.28. The van der Waals surface area contributed by atoms with Gasteiger partial charge in [0.2, 0.25) is 5.91 Å². The van der Waals surface area contributed by atoms with E-state index in [0.29, 0.717) is 23.9 Å². The van der Waals surface area contributed by atoms with Crippen LogP contribution in [0.15, 0.2) is 97.2 Å². The van der Waals surface area contributed by atoms with Crippen LogP contribution in [-0.2, 0) is 18.4 Å². The SMILES string of the molecule is CC/C=C\C/C=C\C/C=C\C/C=C\C/C=C\C/C=C\C/C=C\C/C=C\CCCCCCCCCCCCCCCCCCC(=O)NC(COP(=O)(O)OCC[N+](C)(C)C)C(O)CCCCCCCCCCCCCCCCCCCCCCCCCCCC. The van der Waals surface area contributed by atoms with Gasteiger partial charge >= 0.3 is 7.82 Å². The minimum absolute atomic E-state index is 0.0735. The van der Waals surface area contributed by atoms with Crippen molar-refractivity contribution in [1.82, 2.24) is 5.32 Å². The van der Waals surface area contributed by atoms with E-state index in [1.165, 1.54) is 238 Å². The number of amides is 1. The minimum Gasteiger partial charge on any atom is -0.391 e. The fourth-order valence-electron chi connectivity index (χ4n) is 11.2. The maximum absolute atomic E-state index is 13.1. The number of carbonyl (C=O) groups excluding carboxylic acids is 1. The van der Waals surface area contributed by atoms with Gasteiger partial charge in [-0.05, 0) is 77.0 Å². The molecule has 0 saturated heterocycles. The molecule has 3 N–H and O–H groups in total. The third kappa shape index (κ3) is 72.7. The lowest BCUT2D eigenvalue weighted by molar-refractivity contribution is -0.870. The molecule has 0 aliphatic rings. The molecule has 0 bridgehead atoms. The van der Waals surface area contributed by atoms with E-state index in [1.54, 1.807) is 0 Å². The number of rotatable bonds is 70. The number of nitrogens with zero attached hydrogens (tertiary/aromatic N) is 1. The number of unbranched alkanes of at least 4 members (excludes halogenated alkanes) is 41. The summed E-state index contributed by atoms with van der Waals surface area (Å²) in [5, 5.41) is 14.2. The molecule has 0 aliphatic heterocycles. The molecule has 0 spiro atoms. The first-order valence-electron chi connectivity index (χ1n) is 38.1. The Morgan fingerprint density at radius 1 is 0.393 bits per heavy atom. The molecule has 3 atom stereocenters. The van der Waals surface area contributed by atoms with Crippen LogP contribution in [0.2, 0.25) is 0 Å². The Balaban J connectivity index is 3.98. The maximum Gasteiger partial charge on any atom is 0.472 e. The summed E-state index contributed by atoms with van der Waals surface area (Å²) in [6.45, 7) is 4.82. The van der Waals surface area contributed by atoms with Crippen molar-refractivity contribution < 1.29 is 32.9 Å². The van der Waals surface area contributed by atoms with E-state index in [-0.39, 0.29) is 19.1 Å². The molecule has 0 aromatic rings. The molecule has 9 heteroatoms. The van der Waals surface area contributed by atoms with Crippen LogP contribution < -0.4 is 5.32 Å². The topological polar surface area (TPSA) is 105 Å². The molecule has 0 fully saturated rings. The van der Waals surface area contributed by atoms with Gasteiger partial charge in [-0.15, -0.1) is 0 Å². The highest BCUT2D eigenvalue weighted by atomic mass is 31.2. The Kier molecular flexibility index (Phi) is 67.7. The van der Waals surface area contributed by atoms with Crippen molar-refractivity contribution in [2.75, 3.05) is 40.9 Å². The number of carbonyl (C=O) groups is 1. The summed E-state index contributed by atoms with van der Waals surface area (Å²) in [6, 6.07) is -0.766. The van der Waals surface area contributed by atoms with Crippen molar-refractivity contribution in [2.24, 2.45) is 0 Å². The molecule has 3 unspecified atom stereocenters. The number of allylic oxidation sites excluding steroid dienone is 16. The number of phosphoric ester groups is 1. The van der Waals surface area contributed by atoms with Gasteiger partial charge < -0.3 is 19.8 Å². The number of hydrogen-bond donors (Lipinski definition) is 3. The molecule has 89 heavy (non-hydrogen) atoms. The van der Waals surface area contributed by atoms with E-state index >= 15 is 0 Å². The maximum atomic E-state index is 13.1. The Morgan fingerprint density at radius 2 is 0.674 bits per heavy atom. The molecule has 0 heterocycles. The molecule has 0 rings (SSSR count). The van der Waals surface area contributed by atoms with Gasteiger partial charge in [0.05, 0.1) is 39.9 Å². The molecule has 0 saturated carbocycles. The van der Waals surface area contributed by atoms with Crippen LogP contribution in [0.5, 0.6) is 0 Å². The van der Waals surface area contributed by atoms with Gasteiger partial charge in [-0.25, -0.2) is 4.57 Å². The second-order valence-electron chi connectivity index (χ2n) is 27.0. The number of aliphatic hydroxyl groups is 1. The van der Waals surface area contributed by atoms with Crippen LogP contribution in [0.25, 0.3) is 0 Å². The second kappa shape index (κ2) is 69.8. The van der Waals surface area contributed by atoms with Gasteiger partial charge in [0, 0.05) is 6.42 Å². The fraction of sp³-hybridized carbons (Fsp3) is 0.787. The molecule has 8 nitrogen and oxygen atoms in total. The molecular weight excluding hydrogens is 1120 g/mol. The van der Waals surface area contributed by atoms with Crippen LogP contribution in [0.3, 0.4) is 0 Å². The van der Waals surface area contributed by atoms with Crippen molar-refractivity contribution in [3.05, 3.63) is 97.2 Å². The Bertz CT molecular complexity index is 1780. The summed E-state index contributed by atoms with van der Waals surface area (Å²) in [5.74, 6) is -0.141. The Hall–Kier alpha value is -2.58. The zero-order chi connectivity index (χ0) is 64.8. The van der Waals surface area contributed by atoms with Crippen molar-refractivity contribution in [3.63, 3.8) is 0 Å². The van der Waals surface area contributed by atoms with E-state index in [4.69, 9.17) is 9.05 Å². The predicted molar refractivity (Wildman–Crippen MR) is 392 cm³/mol. The monoisotopic (exact) mass is 1260 g/mol. The molecule has 0 aromatic carbocycles. The van der Waals surface area contributed by atoms with Crippen LogP contribution in [-0.4, -0.2) is 73.4 Å². The summed E-state index contributed by atoms with van der Waals surface area (Å²) in [4.78, 5) is 23.5. The summed E-state index contributed by atoms with van der Waals surface area (Å²) >= 11 is 0. The molecule has 0 aliphatic carbocycles. The lowest BCUT2D eigenvalue weighted by Gasteiger charge is -2.26. The van der Waals surface area contributed by atoms with E-state index in [9.17, 15) is 19.4 Å². The zero-order valence-corrected chi connectivity index (χ0v) is 60.3. The van der Waals surface area contributed by atoms with Crippen molar-refractivity contribution in [2.45, 2.75) is 366 Å². The van der Waals surface area contributed by atoms with E-state index in [0.717, 1.165) is 89.9 Å². The average molecular weight is 1270 g/mol. The summed E-state index contributed by atoms with van der Waals surface area (Å²) in [6.07, 6.45) is 101. The van der Waals surface area contributed by atoms with Crippen LogP contribution in [0.4, 0.5) is 0 Å². The number of phosphoric acid groups is 1. The van der Waals surface area contributed by atoms with Gasteiger partial charge in [-0.2, -0.15) is 0 Å². The number of likely N-dealkylation sites (N-methyl/N-ethyl adjacent to an activating group) is 1. The first kappa shape index (κ1) is 86.4. The standard InChI is InChI=1S/C80H147N2O6P/c1-6-8-10-12-14-16-18-20-22-24-26-28-30-32-34-35-36-37-38-39-40-41-42-43-44-45-46-47-48-50-52-54-56-58-60-62-64-66-68-70-72-74-80(84)81-78(77-88-89(85,86)87-76-75-82(3,4)5)79(83)73-71-69-67-65-63-61-59-57-55-53-51-49-33-31-29-27-25-23-21-19-17-15-13-11-9-7-2/h8,10,14,16,20,22,26,28,32,34,36-37,39-40,42-43,78-79,83H,6-7,9,11-13,15,17-19,21,23-25,27,29-31,33,35,38,41,44-77H2,1-5H3,(H-,81,84,85,86)/p+1/b10-8-,16-14-,22-20-,28-26-,34-32-,37-36-,40-39-,43-42-.